The quantitative estimate of drug-likeness (QED) is 0.382. The van der Waals surface area contributed by atoms with E-state index in [2.05, 4.69) is 27.7 Å². The first kappa shape index (κ1) is 22.1. The van der Waals surface area contributed by atoms with Gasteiger partial charge in [0.15, 0.2) is 0 Å². The number of benzene rings is 1. The van der Waals surface area contributed by atoms with Crippen LogP contribution in [0.3, 0.4) is 0 Å². The van der Waals surface area contributed by atoms with Gasteiger partial charge >= 0.3 is 0 Å². The summed E-state index contributed by atoms with van der Waals surface area (Å²) < 4.78 is 5.59. The second-order valence-electron chi connectivity index (χ2n) is 8.00. The number of anilines is 1. The third-order valence-electron chi connectivity index (χ3n) is 5.93. The average molecular weight is 417 g/mol. The highest BCUT2D eigenvalue weighted by Gasteiger charge is 2.26. The molecule has 1 aromatic rings. The zero-order valence-corrected chi connectivity index (χ0v) is 17.9. The molecule has 0 bridgehead atoms. The van der Waals surface area contributed by atoms with E-state index in [4.69, 9.17) is 4.74 Å². The van der Waals surface area contributed by atoms with E-state index in [9.17, 15) is 14.9 Å². The van der Waals surface area contributed by atoms with E-state index >= 15 is 0 Å². The van der Waals surface area contributed by atoms with E-state index in [1.807, 2.05) is 6.92 Å². The Morgan fingerprint density at radius 1 is 1.27 bits per heavy atom. The van der Waals surface area contributed by atoms with Crippen molar-refractivity contribution < 1.29 is 14.5 Å². The van der Waals surface area contributed by atoms with Gasteiger partial charge in [-0.2, -0.15) is 0 Å². The van der Waals surface area contributed by atoms with Crippen molar-refractivity contribution in [2.75, 3.05) is 38.6 Å². The van der Waals surface area contributed by atoms with Gasteiger partial charge < -0.3 is 20.3 Å². The van der Waals surface area contributed by atoms with E-state index in [0.717, 1.165) is 44.8 Å². The summed E-state index contributed by atoms with van der Waals surface area (Å²) in [4.78, 5) is 26.3. The molecule has 1 aliphatic heterocycles. The monoisotopic (exact) mass is 416 g/mol. The van der Waals surface area contributed by atoms with Crippen molar-refractivity contribution in [3.8, 4) is 5.75 Å². The van der Waals surface area contributed by atoms with Gasteiger partial charge in [0, 0.05) is 44.9 Å². The summed E-state index contributed by atoms with van der Waals surface area (Å²) in [6.07, 6.45) is 9.92. The first-order chi connectivity index (χ1) is 14.5. The van der Waals surface area contributed by atoms with Crippen LogP contribution in [-0.2, 0) is 0 Å². The van der Waals surface area contributed by atoms with Crippen LogP contribution in [0, 0.1) is 16.0 Å². The van der Waals surface area contributed by atoms with Crippen molar-refractivity contribution in [3.63, 3.8) is 0 Å². The molecule has 1 fully saturated rings. The Morgan fingerprint density at radius 2 is 2.03 bits per heavy atom. The fraction of sp³-hybridized carbons (Fsp3) is 0.591. The van der Waals surface area contributed by atoms with E-state index < -0.39 is 4.92 Å². The predicted molar refractivity (Wildman–Crippen MR) is 117 cm³/mol. The normalized spacial score (nSPS) is 20.0. The molecule has 1 saturated heterocycles. The fourth-order valence-corrected chi connectivity index (χ4v) is 4.28. The molecule has 1 aliphatic carbocycles. The van der Waals surface area contributed by atoms with Gasteiger partial charge in [-0.25, -0.2) is 0 Å². The number of ether oxygens (including phenoxy) is 1. The number of hydrogen-bond donors (Lipinski definition) is 2. The first-order valence-electron chi connectivity index (χ1n) is 10.8. The summed E-state index contributed by atoms with van der Waals surface area (Å²) in [5.74, 6) is 0.772. The van der Waals surface area contributed by atoms with Gasteiger partial charge in [0.2, 0.25) is 0 Å². The SMILES string of the molecule is CCOc1cc(NC)c([N+](=O)[O-])cc1C(=O)NC1CCN(CC2CC=CCC2)CC1. The molecule has 164 valence electrons. The molecule has 1 atom stereocenters. The summed E-state index contributed by atoms with van der Waals surface area (Å²) in [6.45, 7) is 5.23. The molecule has 2 aliphatic rings. The number of piperidine rings is 1. The number of carbonyl (C=O) groups is 1. The minimum Gasteiger partial charge on any atom is -0.493 e. The molecule has 8 nitrogen and oxygen atoms in total. The lowest BCUT2D eigenvalue weighted by Crippen LogP contribution is -2.45. The van der Waals surface area contributed by atoms with Crippen LogP contribution in [0.15, 0.2) is 24.3 Å². The van der Waals surface area contributed by atoms with Crippen molar-refractivity contribution in [3.05, 3.63) is 40.0 Å². The van der Waals surface area contributed by atoms with Crippen LogP contribution in [-0.4, -0.2) is 55.1 Å². The van der Waals surface area contributed by atoms with Crippen molar-refractivity contribution in [1.82, 2.24) is 10.2 Å². The largest absolute Gasteiger partial charge is 0.493 e. The molecule has 0 aromatic heterocycles. The Morgan fingerprint density at radius 3 is 2.63 bits per heavy atom. The van der Waals surface area contributed by atoms with E-state index in [1.54, 1.807) is 7.05 Å². The number of nitrogens with zero attached hydrogens (tertiary/aromatic N) is 2. The molecule has 0 radical (unpaired) electrons. The number of carbonyl (C=O) groups excluding carboxylic acids is 1. The van der Waals surface area contributed by atoms with Crippen molar-refractivity contribution in [2.24, 2.45) is 5.92 Å². The number of likely N-dealkylation sites (tertiary alicyclic amines) is 1. The third kappa shape index (κ3) is 5.50. The van der Waals surface area contributed by atoms with E-state index in [-0.39, 0.29) is 23.2 Å². The zero-order valence-electron chi connectivity index (χ0n) is 17.9. The molecule has 3 rings (SSSR count). The second-order valence-corrected chi connectivity index (χ2v) is 8.00. The van der Waals surface area contributed by atoms with Crippen LogP contribution >= 0.6 is 0 Å². The molecular formula is C22H32N4O4. The van der Waals surface area contributed by atoms with Crippen LogP contribution < -0.4 is 15.4 Å². The van der Waals surface area contributed by atoms with Gasteiger partial charge in [-0.05, 0) is 44.9 Å². The molecule has 30 heavy (non-hydrogen) atoms. The summed E-state index contributed by atoms with van der Waals surface area (Å²) in [5, 5.41) is 17.3. The number of nitro groups is 1. The maximum Gasteiger partial charge on any atom is 0.293 e. The second kappa shape index (κ2) is 10.4. The van der Waals surface area contributed by atoms with Gasteiger partial charge in [-0.3, -0.25) is 14.9 Å². The Kier molecular flexibility index (Phi) is 7.68. The highest BCUT2D eigenvalue weighted by Crippen LogP contribution is 2.33. The topological polar surface area (TPSA) is 96.7 Å². The average Bonchev–Trinajstić information content (AvgIpc) is 2.75. The van der Waals surface area contributed by atoms with Gasteiger partial charge in [0.25, 0.3) is 11.6 Å². The van der Waals surface area contributed by atoms with Gasteiger partial charge in [-0.1, -0.05) is 12.2 Å². The molecule has 1 unspecified atom stereocenters. The van der Waals surface area contributed by atoms with Gasteiger partial charge in [0.1, 0.15) is 11.4 Å². The van der Waals surface area contributed by atoms with Crippen LogP contribution in [0.5, 0.6) is 5.75 Å². The number of amides is 1. The van der Waals surface area contributed by atoms with Crippen LogP contribution in [0.2, 0.25) is 0 Å². The number of allylic oxidation sites excluding steroid dienone is 2. The predicted octanol–water partition coefficient (Wildman–Crippen LogP) is 3.59. The lowest BCUT2D eigenvalue weighted by atomic mass is 9.93. The molecule has 1 heterocycles. The minimum absolute atomic E-state index is 0.0671. The Bertz CT molecular complexity index is 788. The molecule has 1 amide bonds. The van der Waals surface area contributed by atoms with Crippen molar-refractivity contribution >= 4 is 17.3 Å². The van der Waals surface area contributed by atoms with Crippen molar-refractivity contribution in [2.45, 2.75) is 45.1 Å². The summed E-state index contributed by atoms with van der Waals surface area (Å²) in [6, 6.07) is 2.90. The summed E-state index contributed by atoms with van der Waals surface area (Å²) >= 11 is 0. The molecule has 0 spiro atoms. The number of nitrogens with one attached hydrogen (secondary N) is 2. The van der Waals surface area contributed by atoms with Crippen LogP contribution in [0.1, 0.15) is 49.4 Å². The Labute approximate surface area is 177 Å². The smallest absolute Gasteiger partial charge is 0.293 e. The fourth-order valence-electron chi connectivity index (χ4n) is 4.28. The third-order valence-corrected chi connectivity index (χ3v) is 5.93. The van der Waals surface area contributed by atoms with E-state index in [0.29, 0.717) is 18.0 Å². The maximum absolute atomic E-state index is 12.9. The number of nitro benzene ring substituents is 1. The number of hydrogen-bond acceptors (Lipinski definition) is 6. The lowest BCUT2D eigenvalue weighted by Gasteiger charge is -2.35. The highest BCUT2D eigenvalue weighted by molar-refractivity contribution is 5.99. The first-order valence-corrected chi connectivity index (χ1v) is 10.8. The highest BCUT2D eigenvalue weighted by atomic mass is 16.6. The molecule has 2 N–H and O–H groups in total. The maximum atomic E-state index is 12.9. The standard InChI is InChI=1S/C22H32N4O4/c1-3-30-21-14-19(23-2)20(26(28)29)13-18(21)22(27)24-17-9-11-25(12-10-17)15-16-7-5-4-6-8-16/h4-5,13-14,16-17,23H,3,6-12,15H2,1-2H3,(H,24,27). The summed E-state index contributed by atoms with van der Waals surface area (Å²) in [7, 11) is 1.61. The molecule has 8 heteroatoms. The molecule has 1 aromatic carbocycles. The van der Waals surface area contributed by atoms with Gasteiger partial charge in [0.05, 0.1) is 17.1 Å². The minimum atomic E-state index is -0.489. The van der Waals surface area contributed by atoms with Crippen LogP contribution in [0.4, 0.5) is 11.4 Å². The van der Waals surface area contributed by atoms with Gasteiger partial charge in [-0.15, -0.1) is 0 Å². The zero-order chi connectivity index (χ0) is 21.5. The summed E-state index contributed by atoms with van der Waals surface area (Å²) in [5.41, 5.74) is 0.396. The molecule has 0 saturated carbocycles. The number of rotatable bonds is 8. The Balaban J connectivity index is 1.62. The lowest BCUT2D eigenvalue weighted by molar-refractivity contribution is -0.384. The molecular weight excluding hydrogens is 384 g/mol. The Hall–Kier alpha value is -2.61. The van der Waals surface area contributed by atoms with Crippen LogP contribution in [0.25, 0.3) is 0 Å². The van der Waals surface area contributed by atoms with Crippen molar-refractivity contribution in [1.29, 1.82) is 0 Å². The van der Waals surface area contributed by atoms with E-state index in [1.165, 1.54) is 25.0 Å².